The number of carbonyl (C=O) groups is 1. The number of aromatic nitrogens is 2. The van der Waals surface area contributed by atoms with Gasteiger partial charge in [0, 0.05) is 34.0 Å². The van der Waals surface area contributed by atoms with Crippen LogP contribution in [0, 0.1) is 5.92 Å². The molecule has 2 aliphatic rings. The summed E-state index contributed by atoms with van der Waals surface area (Å²) in [7, 11) is 0. The third-order valence-electron chi connectivity index (χ3n) is 6.63. The lowest BCUT2D eigenvalue weighted by atomic mass is 9.83. The molecule has 1 aromatic carbocycles. The van der Waals surface area contributed by atoms with Crippen LogP contribution in [-0.2, 0) is 30.6 Å². The molecule has 0 bridgehead atoms. The molecule has 1 N–H and O–H groups in total. The molecule has 4 aromatic rings. The summed E-state index contributed by atoms with van der Waals surface area (Å²) < 4.78 is 0. The molecule has 0 radical (unpaired) electrons. The number of aryl methyl sites for hydroxylation is 2. The van der Waals surface area contributed by atoms with Gasteiger partial charge in [0.1, 0.15) is 22.8 Å². The summed E-state index contributed by atoms with van der Waals surface area (Å²) in [6, 6.07) is 10.6. The first-order valence-corrected chi connectivity index (χ1v) is 13.1. The number of benzene rings is 1. The second kappa shape index (κ2) is 8.80. The number of Topliss-reactive ketones (excluding diaryl/α,β-unsaturated/α-hetero) is 1. The maximum Gasteiger partial charge on any atom is 0.142 e. The van der Waals surface area contributed by atoms with Gasteiger partial charge in [-0.3, -0.25) is 9.79 Å². The number of carbonyl (C=O) groups excluding carboxylic acids is 1. The van der Waals surface area contributed by atoms with E-state index in [0.717, 1.165) is 65.9 Å². The SMILES string of the molecule is O=C(CCCc1cccs1)C1CCc2c(sc3ncnc(Nc4ccc5c(c4)C=NC5)c23)C1. The van der Waals surface area contributed by atoms with Gasteiger partial charge < -0.3 is 5.32 Å². The van der Waals surface area contributed by atoms with Crippen LogP contribution in [0.4, 0.5) is 11.5 Å². The van der Waals surface area contributed by atoms with Gasteiger partial charge in [0.25, 0.3) is 0 Å². The van der Waals surface area contributed by atoms with Crippen LogP contribution in [0.3, 0.4) is 0 Å². The summed E-state index contributed by atoms with van der Waals surface area (Å²) >= 11 is 3.50. The van der Waals surface area contributed by atoms with E-state index >= 15 is 0 Å². The number of nitrogens with zero attached hydrogens (tertiary/aromatic N) is 3. The number of hydrogen-bond donors (Lipinski definition) is 1. The fourth-order valence-corrected chi connectivity index (χ4v) is 6.91. The lowest BCUT2D eigenvalue weighted by Gasteiger charge is -2.21. The highest BCUT2D eigenvalue weighted by atomic mass is 32.1. The first kappa shape index (κ1) is 20.7. The molecule has 1 unspecified atom stereocenters. The fraction of sp³-hybridized carbons (Fsp3) is 0.308. The van der Waals surface area contributed by atoms with Crippen molar-refractivity contribution >= 4 is 56.4 Å². The maximum atomic E-state index is 12.9. The first-order chi connectivity index (χ1) is 16.2. The zero-order valence-electron chi connectivity index (χ0n) is 18.2. The Kier molecular flexibility index (Phi) is 5.52. The van der Waals surface area contributed by atoms with Gasteiger partial charge in [-0.15, -0.1) is 22.7 Å². The number of aliphatic imine (C=N–C) groups is 1. The quantitative estimate of drug-likeness (QED) is 0.352. The molecule has 4 heterocycles. The van der Waals surface area contributed by atoms with Gasteiger partial charge in [0.15, 0.2) is 0 Å². The highest BCUT2D eigenvalue weighted by molar-refractivity contribution is 7.19. The minimum Gasteiger partial charge on any atom is -0.340 e. The van der Waals surface area contributed by atoms with E-state index in [1.807, 2.05) is 6.21 Å². The van der Waals surface area contributed by atoms with Crippen molar-refractivity contribution in [1.29, 1.82) is 0 Å². The summed E-state index contributed by atoms with van der Waals surface area (Å²) in [6.07, 6.45) is 8.86. The minimum atomic E-state index is 0.134. The minimum absolute atomic E-state index is 0.134. The van der Waals surface area contributed by atoms with Crippen molar-refractivity contribution in [2.75, 3.05) is 5.32 Å². The van der Waals surface area contributed by atoms with E-state index < -0.39 is 0 Å². The Labute approximate surface area is 200 Å². The molecule has 6 rings (SSSR count). The molecule has 7 heteroatoms. The van der Waals surface area contributed by atoms with Crippen molar-refractivity contribution in [2.45, 2.75) is 45.1 Å². The molecule has 33 heavy (non-hydrogen) atoms. The number of hydrogen-bond acceptors (Lipinski definition) is 7. The van der Waals surface area contributed by atoms with Crippen LogP contribution in [0.2, 0.25) is 0 Å². The standard InChI is InChI=1S/C26H24N4OS2/c31-22(5-1-3-20-4-2-10-32-20)16-7-9-21-23(12-16)33-26-24(21)25(28-15-29-26)30-19-8-6-17-13-27-14-18(17)11-19/h2,4,6,8,10-11,14-16H,1,3,5,7,9,12-13H2,(H,28,29,30). The average Bonchev–Trinajstić information content (AvgIpc) is 3.58. The van der Waals surface area contributed by atoms with Gasteiger partial charge in [0.05, 0.1) is 11.9 Å². The third-order valence-corrected chi connectivity index (χ3v) is 8.73. The monoisotopic (exact) mass is 472 g/mol. The lowest BCUT2D eigenvalue weighted by molar-refractivity contribution is -0.123. The number of anilines is 2. The van der Waals surface area contributed by atoms with Crippen LogP contribution < -0.4 is 5.32 Å². The number of ketones is 1. The van der Waals surface area contributed by atoms with Gasteiger partial charge in [-0.25, -0.2) is 9.97 Å². The summed E-state index contributed by atoms with van der Waals surface area (Å²) in [6.45, 7) is 0.763. The van der Waals surface area contributed by atoms with Crippen LogP contribution in [0.25, 0.3) is 10.2 Å². The van der Waals surface area contributed by atoms with Crippen LogP contribution in [0.1, 0.15) is 45.7 Å². The van der Waals surface area contributed by atoms with Crippen molar-refractivity contribution in [3.63, 3.8) is 0 Å². The highest BCUT2D eigenvalue weighted by Gasteiger charge is 2.28. The van der Waals surface area contributed by atoms with Gasteiger partial charge in [-0.05, 0) is 72.4 Å². The normalized spacial score (nSPS) is 16.7. The molecule has 0 saturated heterocycles. The van der Waals surface area contributed by atoms with Crippen molar-refractivity contribution in [2.24, 2.45) is 10.9 Å². The van der Waals surface area contributed by atoms with Gasteiger partial charge in [-0.2, -0.15) is 0 Å². The van der Waals surface area contributed by atoms with Crippen LogP contribution in [0.15, 0.2) is 47.0 Å². The molecule has 0 spiro atoms. The maximum absolute atomic E-state index is 12.9. The predicted octanol–water partition coefficient (Wildman–Crippen LogP) is 6.13. The molecular weight excluding hydrogens is 448 g/mol. The van der Waals surface area contributed by atoms with Crippen LogP contribution in [0.5, 0.6) is 0 Å². The zero-order valence-corrected chi connectivity index (χ0v) is 19.8. The molecule has 166 valence electrons. The Morgan fingerprint density at radius 3 is 3.09 bits per heavy atom. The van der Waals surface area contributed by atoms with E-state index in [2.05, 4.69) is 56.0 Å². The lowest BCUT2D eigenvalue weighted by Crippen LogP contribution is -2.21. The second-order valence-electron chi connectivity index (χ2n) is 8.75. The average molecular weight is 473 g/mol. The molecule has 1 atom stereocenters. The van der Waals surface area contributed by atoms with E-state index in [1.165, 1.54) is 20.9 Å². The summed E-state index contributed by atoms with van der Waals surface area (Å²) in [5.74, 6) is 1.40. The molecule has 3 aromatic heterocycles. The first-order valence-electron chi connectivity index (χ1n) is 11.4. The molecule has 1 aliphatic carbocycles. The molecule has 1 aliphatic heterocycles. The third kappa shape index (κ3) is 4.11. The van der Waals surface area contributed by atoms with Gasteiger partial charge >= 0.3 is 0 Å². The Morgan fingerprint density at radius 2 is 2.18 bits per heavy atom. The Hall–Kier alpha value is -2.90. The summed E-state index contributed by atoms with van der Waals surface area (Å²) in [5.41, 5.74) is 4.76. The van der Waals surface area contributed by atoms with Crippen LogP contribution >= 0.6 is 22.7 Å². The Morgan fingerprint density at radius 1 is 1.21 bits per heavy atom. The van der Waals surface area contributed by atoms with E-state index in [1.54, 1.807) is 29.0 Å². The van der Waals surface area contributed by atoms with Crippen molar-refractivity contribution < 1.29 is 4.79 Å². The smallest absolute Gasteiger partial charge is 0.142 e. The van der Waals surface area contributed by atoms with Crippen molar-refractivity contribution in [1.82, 2.24) is 9.97 Å². The molecule has 0 amide bonds. The number of rotatable bonds is 7. The van der Waals surface area contributed by atoms with Crippen molar-refractivity contribution in [3.8, 4) is 0 Å². The van der Waals surface area contributed by atoms with Gasteiger partial charge in [-0.1, -0.05) is 12.1 Å². The highest BCUT2D eigenvalue weighted by Crippen LogP contribution is 2.41. The Balaban J connectivity index is 1.19. The zero-order chi connectivity index (χ0) is 22.2. The summed E-state index contributed by atoms with van der Waals surface area (Å²) in [5, 5.41) is 6.74. The topological polar surface area (TPSA) is 67.2 Å². The van der Waals surface area contributed by atoms with E-state index in [9.17, 15) is 4.79 Å². The second-order valence-corrected chi connectivity index (χ2v) is 10.9. The molecule has 0 saturated carbocycles. The van der Waals surface area contributed by atoms with Crippen molar-refractivity contribution in [3.05, 3.63) is 68.5 Å². The number of thiophene rings is 2. The predicted molar refractivity (Wildman–Crippen MR) is 136 cm³/mol. The van der Waals surface area contributed by atoms with E-state index in [4.69, 9.17) is 0 Å². The number of fused-ring (bicyclic) bond motifs is 4. The largest absolute Gasteiger partial charge is 0.340 e. The fourth-order valence-electron chi connectivity index (χ4n) is 4.89. The summed E-state index contributed by atoms with van der Waals surface area (Å²) in [4.78, 5) is 30.1. The van der Waals surface area contributed by atoms with E-state index in [-0.39, 0.29) is 5.92 Å². The molecule has 5 nitrogen and oxygen atoms in total. The van der Waals surface area contributed by atoms with Gasteiger partial charge in [0.2, 0.25) is 0 Å². The van der Waals surface area contributed by atoms with E-state index in [0.29, 0.717) is 12.2 Å². The molecular formula is C26H24N4OS2. The number of nitrogens with one attached hydrogen (secondary N) is 1. The Bertz CT molecular complexity index is 1360. The van der Waals surface area contributed by atoms with Crippen LogP contribution in [-0.4, -0.2) is 22.0 Å². The molecule has 0 fully saturated rings.